The first-order valence-corrected chi connectivity index (χ1v) is 8.99. The first kappa shape index (κ1) is 18.6. The van der Waals surface area contributed by atoms with E-state index >= 15 is 0 Å². The normalized spacial score (nSPS) is 14.0. The molecule has 27 heavy (non-hydrogen) atoms. The summed E-state index contributed by atoms with van der Waals surface area (Å²) in [6.07, 6.45) is 4.35. The lowest BCUT2D eigenvalue weighted by Crippen LogP contribution is -2.32. The van der Waals surface area contributed by atoms with Crippen LogP contribution in [0.4, 0.5) is 5.69 Å². The van der Waals surface area contributed by atoms with Crippen LogP contribution in [0.15, 0.2) is 42.5 Å². The highest BCUT2D eigenvalue weighted by molar-refractivity contribution is 6.06. The zero-order valence-electron chi connectivity index (χ0n) is 15.1. The number of aromatic carboxylic acids is 1. The number of carbonyl (C=O) groups is 3. The van der Waals surface area contributed by atoms with Gasteiger partial charge < -0.3 is 15.7 Å². The molecule has 140 valence electrons. The van der Waals surface area contributed by atoms with E-state index in [0.29, 0.717) is 16.8 Å². The Morgan fingerprint density at radius 2 is 1.52 bits per heavy atom. The number of hydrogen-bond acceptors (Lipinski definition) is 3. The number of carboxylic acid groups (broad SMARTS) is 1. The molecular weight excluding hydrogens is 344 g/mol. The van der Waals surface area contributed by atoms with Crippen LogP contribution in [0.5, 0.6) is 0 Å². The molecule has 6 heteroatoms. The van der Waals surface area contributed by atoms with E-state index in [9.17, 15) is 14.4 Å². The van der Waals surface area contributed by atoms with Crippen LogP contribution in [0.2, 0.25) is 0 Å². The van der Waals surface area contributed by atoms with Crippen LogP contribution < -0.4 is 10.6 Å². The van der Waals surface area contributed by atoms with Crippen molar-refractivity contribution in [3.05, 3.63) is 64.7 Å². The Hall–Kier alpha value is -3.15. The molecule has 1 aliphatic rings. The van der Waals surface area contributed by atoms with Crippen molar-refractivity contribution in [3.63, 3.8) is 0 Å². The first-order valence-electron chi connectivity index (χ1n) is 8.99. The van der Waals surface area contributed by atoms with E-state index in [0.717, 1.165) is 25.7 Å². The highest BCUT2D eigenvalue weighted by Crippen LogP contribution is 2.19. The van der Waals surface area contributed by atoms with Crippen molar-refractivity contribution in [2.75, 3.05) is 5.32 Å². The van der Waals surface area contributed by atoms with Gasteiger partial charge >= 0.3 is 5.97 Å². The topological polar surface area (TPSA) is 95.5 Å². The van der Waals surface area contributed by atoms with Crippen molar-refractivity contribution in [1.29, 1.82) is 0 Å². The standard InChI is InChI=1S/C21H22N2O4/c1-13-10-15(12-16(11-13)21(26)27)20(25)23-18-8-6-14(7-9-18)19(24)22-17-4-2-3-5-17/h6-12,17H,2-5H2,1H3,(H,22,24)(H,23,25)(H,26,27). The molecule has 3 rings (SSSR count). The summed E-state index contributed by atoms with van der Waals surface area (Å²) in [6, 6.07) is 11.4. The molecule has 1 saturated carbocycles. The molecule has 2 amide bonds. The summed E-state index contributed by atoms with van der Waals surface area (Å²) >= 11 is 0. The molecule has 0 aromatic heterocycles. The zero-order chi connectivity index (χ0) is 19.4. The molecule has 1 aliphatic carbocycles. The SMILES string of the molecule is Cc1cc(C(=O)O)cc(C(=O)Nc2ccc(C(=O)NC3CCCC3)cc2)c1. The minimum atomic E-state index is -1.08. The minimum Gasteiger partial charge on any atom is -0.478 e. The molecule has 2 aromatic carbocycles. The van der Waals surface area contributed by atoms with Crippen LogP contribution in [0.25, 0.3) is 0 Å². The quantitative estimate of drug-likeness (QED) is 0.753. The van der Waals surface area contributed by atoms with E-state index in [1.807, 2.05) is 0 Å². The predicted molar refractivity (Wildman–Crippen MR) is 102 cm³/mol. The van der Waals surface area contributed by atoms with Gasteiger partial charge in [0, 0.05) is 22.9 Å². The van der Waals surface area contributed by atoms with Gasteiger partial charge in [0.2, 0.25) is 0 Å². The number of nitrogens with one attached hydrogen (secondary N) is 2. The Bertz CT molecular complexity index is 868. The second-order valence-electron chi connectivity index (χ2n) is 6.88. The summed E-state index contributed by atoms with van der Waals surface area (Å²) in [4.78, 5) is 35.8. The molecule has 0 atom stereocenters. The van der Waals surface area contributed by atoms with E-state index in [1.54, 1.807) is 37.3 Å². The lowest BCUT2D eigenvalue weighted by Gasteiger charge is -2.12. The molecule has 0 heterocycles. The van der Waals surface area contributed by atoms with Crippen LogP contribution in [0.1, 0.15) is 62.3 Å². The largest absolute Gasteiger partial charge is 0.478 e. The number of carbonyl (C=O) groups excluding carboxylic acids is 2. The lowest BCUT2D eigenvalue weighted by atomic mass is 10.1. The summed E-state index contributed by atoms with van der Waals surface area (Å²) in [5.74, 6) is -1.58. The Morgan fingerprint density at radius 1 is 0.889 bits per heavy atom. The van der Waals surface area contributed by atoms with Gasteiger partial charge in [-0.05, 0) is 67.8 Å². The van der Waals surface area contributed by atoms with Gasteiger partial charge in [0.1, 0.15) is 0 Å². The molecule has 0 spiro atoms. The van der Waals surface area contributed by atoms with Crippen LogP contribution in [-0.4, -0.2) is 28.9 Å². The number of rotatable bonds is 5. The fourth-order valence-corrected chi connectivity index (χ4v) is 3.28. The summed E-state index contributed by atoms with van der Waals surface area (Å²) in [6.45, 7) is 1.74. The molecule has 0 radical (unpaired) electrons. The maximum absolute atomic E-state index is 12.4. The van der Waals surface area contributed by atoms with Gasteiger partial charge in [-0.1, -0.05) is 12.8 Å². The van der Waals surface area contributed by atoms with Crippen molar-refractivity contribution in [3.8, 4) is 0 Å². The van der Waals surface area contributed by atoms with E-state index in [-0.39, 0.29) is 23.1 Å². The molecule has 0 aliphatic heterocycles. The monoisotopic (exact) mass is 366 g/mol. The third-order valence-electron chi connectivity index (χ3n) is 4.68. The molecule has 0 saturated heterocycles. The van der Waals surface area contributed by atoms with Gasteiger partial charge in [-0.3, -0.25) is 9.59 Å². The molecule has 0 unspecified atom stereocenters. The second-order valence-corrected chi connectivity index (χ2v) is 6.88. The number of carboxylic acids is 1. The maximum atomic E-state index is 12.4. The third kappa shape index (κ3) is 4.73. The summed E-state index contributed by atoms with van der Waals surface area (Å²) in [5.41, 5.74) is 2.12. The average molecular weight is 366 g/mol. The third-order valence-corrected chi connectivity index (χ3v) is 4.68. The van der Waals surface area contributed by atoms with Gasteiger partial charge in [-0.15, -0.1) is 0 Å². The van der Waals surface area contributed by atoms with E-state index in [1.165, 1.54) is 12.1 Å². The van der Waals surface area contributed by atoms with E-state index < -0.39 is 11.9 Å². The van der Waals surface area contributed by atoms with Gasteiger partial charge in [0.05, 0.1) is 5.56 Å². The molecule has 0 bridgehead atoms. The van der Waals surface area contributed by atoms with Gasteiger partial charge in [-0.2, -0.15) is 0 Å². The molecular formula is C21H22N2O4. The number of aryl methyl sites for hydroxylation is 1. The molecule has 1 fully saturated rings. The average Bonchev–Trinajstić information content (AvgIpc) is 3.14. The van der Waals surface area contributed by atoms with Crippen LogP contribution >= 0.6 is 0 Å². The van der Waals surface area contributed by atoms with E-state index in [4.69, 9.17) is 5.11 Å². The molecule has 2 aromatic rings. The zero-order valence-corrected chi connectivity index (χ0v) is 15.1. The van der Waals surface area contributed by atoms with Crippen molar-refractivity contribution >= 4 is 23.5 Å². The van der Waals surface area contributed by atoms with Crippen LogP contribution in [0.3, 0.4) is 0 Å². The summed E-state index contributed by atoms with van der Waals surface area (Å²) in [7, 11) is 0. The smallest absolute Gasteiger partial charge is 0.335 e. The number of amides is 2. The Morgan fingerprint density at radius 3 is 2.15 bits per heavy atom. The predicted octanol–water partition coefficient (Wildman–Crippen LogP) is 3.62. The van der Waals surface area contributed by atoms with E-state index in [2.05, 4.69) is 10.6 Å². The van der Waals surface area contributed by atoms with Crippen LogP contribution in [0, 0.1) is 6.92 Å². The van der Waals surface area contributed by atoms with Crippen molar-refractivity contribution in [2.24, 2.45) is 0 Å². The van der Waals surface area contributed by atoms with Crippen molar-refractivity contribution < 1.29 is 19.5 Å². The van der Waals surface area contributed by atoms with Crippen molar-refractivity contribution in [1.82, 2.24) is 5.32 Å². The van der Waals surface area contributed by atoms with Crippen LogP contribution in [-0.2, 0) is 0 Å². The summed E-state index contributed by atoms with van der Waals surface area (Å²) < 4.78 is 0. The molecule has 6 nitrogen and oxygen atoms in total. The highest BCUT2D eigenvalue weighted by atomic mass is 16.4. The summed E-state index contributed by atoms with van der Waals surface area (Å²) in [5, 5.41) is 14.9. The fraction of sp³-hybridized carbons (Fsp3) is 0.286. The number of benzene rings is 2. The Balaban J connectivity index is 1.66. The Kier molecular flexibility index (Phi) is 5.54. The number of anilines is 1. The van der Waals surface area contributed by atoms with Gasteiger partial charge in [0.25, 0.3) is 11.8 Å². The second kappa shape index (κ2) is 8.03. The number of hydrogen-bond donors (Lipinski definition) is 3. The Labute approximate surface area is 157 Å². The minimum absolute atomic E-state index is 0.0686. The van der Waals surface area contributed by atoms with Gasteiger partial charge in [0.15, 0.2) is 0 Å². The first-order chi connectivity index (χ1) is 12.9. The van der Waals surface area contributed by atoms with Crippen molar-refractivity contribution in [2.45, 2.75) is 38.6 Å². The lowest BCUT2D eigenvalue weighted by molar-refractivity contribution is 0.0696. The molecule has 3 N–H and O–H groups in total. The van der Waals surface area contributed by atoms with Gasteiger partial charge in [-0.25, -0.2) is 4.79 Å². The fourth-order valence-electron chi connectivity index (χ4n) is 3.28. The highest BCUT2D eigenvalue weighted by Gasteiger charge is 2.18. The maximum Gasteiger partial charge on any atom is 0.335 e.